The Kier molecular flexibility index (Phi) is 9.10. The second-order valence-corrected chi connectivity index (χ2v) is 14.6. The predicted octanol–water partition coefficient (Wildman–Crippen LogP) is 7.94. The summed E-state index contributed by atoms with van der Waals surface area (Å²) in [6.07, 6.45) is 8.88. The summed E-state index contributed by atoms with van der Waals surface area (Å²) in [5.74, 6) is 0.985. The van der Waals surface area contributed by atoms with Gasteiger partial charge in [-0.05, 0) is 123 Å². The highest BCUT2D eigenvalue weighted by Crippen LogP contribution is 2.68. The van der Waals surface area contributed by atoms with E-state index >= 15 is 0 Å². The minimum Gasteiger partial charge on any atom is -0.460 e. The highest BCUT2D eigenvalue weighted by molar-refractivity contribution is 5.66. The van der Waals surface area contributed by atoms with Crippen LogP contribution in [0.4, 0.5) is 8.78 Å². The van der Waals surface area contributed by atoms with E-state index in [9.17, 15) is 23.5 Å². The second-order valence-electron chi connectivity index (χ2n) is 14.6. The minimum absolute atomic E-state index is 0.0811. The SMILES string of the molecule is CC(=O)OC(CCCC(C)[C@H]1CC[C@H]2[C@@H]3CC[C@H]4[C@@H](O)[C@@H](OC(C)=O)CC[C@]4(C)[C@H]3CC[C@]12C)c1c(F)cccc1F. The number of halogens is 2. The van der Waals surface area contributed by atoms with Crippen LogP contribution >= 0.6 is 0 Å². The van der Waals surface area contributed by atoms with Gasteiger partial charge in [-0.25, -0.2) is 8.78 Å². The average Bonchev–Trinajstić information content (AvgIpc) is 3.27. The van der Waals surface area contributed by atoms with Crippen LogP contribution in [0.3, 0.4) is 0 Å². The molecule has 0 spiro atoms. The van der Waals surface area contributed by atoms with Crippen molar-refractivity contribution in [3.63, 3.8) is 0 Å². The van der Waals surface area contributed by atoms with Crippen molar-refractivity contribution in [2.45, 2.75) is 124 Å². The molecule has 4 fully saturated rings. The van der Waals surface area contributed by atoms with E-state index in [1.807, 2.05) is 0 Å². The van der Waals surface area contributed by atoms with Gasteiger partial charge < -0.3 is 14.6 Å². The van der Waals surface area contributed by atoms with Gasteiger partial charge in [0.05, 0.1) is 11.7 Å². The number of aliphatic hydroxyl groups excluding tert-OH is 1. The highest BCUT2D eigenvalue weighted by Gasteiger charge is 2.62. The van der Waals surface area contributed by atoms with Gasteiger partial charge in [0.15, 0.2) is 0 Å². The van der Waals surface area contributed by atoms with Gasteiger partial charge in [-0.1, -0.05) is 33.3 Å². The molecule has 4 aliphatic rings. The summed E-state index contributed by atoms with van der Waals surface area (Å²) in [7, 11) is 0. The first-order chi connectivity index (χ1) is 19.9. The molecule has 1 N–H and O–H groups in total. The Bertz CT molecular complexity index is 1140. The Labute approximate surface area is 250 Å². The van der Waals surface area contributed by atoms with Crippen LogP contribution < -0.4 is 0 Å². The first-order valence-corrected chi connectivity index (χ1v) is 16.3. The Morgan fingerprint density at radius 2 is 1.55 bits per heavy atom. The van der Waals surface area contributed by atoms with Gasteiger partial charge in [0.2, 0.25) is 0 Å². The van der Waals surface area contributed by atoms with Crippen LogP contribution in [0, 0.1) is 58.0 Å². The van der Waals surface area contributed by atoms with Crippen molar-refractivity contribution in [1.29, 1.82) is 0 Å². The van der Waals surface area contributed by atoms with Crippen LogP contribution in [0.2, 0.25) is 0 Å². The maximum Gasteiger partial charge on any atom is 0.303 e. The molecule has 5 rings (SSSR count). The number of hydrogen-bond acceptors (Lipinski definition) is 5. The topological polar surface area (TPSA) is 72.8 Å². The molecule has 0 bridgehead atoms. The fourth-order valence-corrected chi connectivity index (χ4v) is 10.7. The summed E-state index contributed by atoms with van der Waals surface area (Å²) in [5, 5.41) is 11.2. The van der Waals surface area contributed by atoms with Gasteiger partial charge >= 0.3 is 11.9 Å². The maximum atomic E-state index is 14.5. The molecule has 0 radical (unpaired) electrons. The fraction of sp³-hybridized carbons (Fsp3) is 0.771. The highest BCUT2D eigenvalue weighted by atomic mass is 19.1. The molecule has 4 saturated carbocycles. The largest absolute Gasteiger partial charge is 0.460 e. The van der Waals surface area contributed by atoms with Crippen molar-refractivity contribution in [2.24, 2.45) is 46.3 Å². The van der Waals surface area contributed by atoms with Gasteiger partial charge in [0.25, 0.3) is 0 Å². The van der Waals surface area contributed by atoms with Crippen LogP contribution in [0.5, 0.6) is 0 Å². The average molecular weight is 589 g/mol. The molecule has 0 aromatic heterocycles. The summed E-state index contributed by atoms with van der Waals surface area (Å²) >= 11 is 0. The molecule has 0 heterocycles. The molecule has 234 valence electrons. The van der Waals surface area contributed by atoms with Crippen LogP contribution in [0.25, 0.3) is 0 Å². The normalized spacial score (nSPS) is 38.9. The molecular weight excluding hydrogens is 538 g/mol. The third-order valence-electron chi connectivity index (χ3n) is 12.5. The molecule has 0 amide bonds. The first kappa shape index (κ1) is 31.4. The maximum absolute atomic E-state index is 14.5. The van der Waals surface area contributed by atoms with E-state index in [4.69, 9.17) is 9.47 Å². The van der Waals surface area contributed by atoms with Gasteiger partial charge in [0.1, 0.15) is 23.8 Å². The molecule has 11 atom stereocenters. The molecule has 1 aromatic rings. The Morgan fingerprint density at radius 3 is 2.21 bits per heavy atom. The lowest BCUT2D eigenvalue weighted by Gasteiger charge is -2.62. The number of hydrogen-bond donors (Lipinski definition) is 1. The monoisotopic (exact) mass is 588 g/mol. The number of rotatable bonds is 8. The lowest BCUT2D eigenvalue weighted by molar-refractivity contribution is -0.191. The molecule has 0 saturated heterocycles. The summed E-state index contributed by atoms with van der Waals surface area (Å²) in [4.78, 5) is 23.4. The predicted molar refractivity (Wildman–Crippen MR) is 156 cm³/mol. The van der Waals surface area contributed by atoms with Crippen molar-refractivity contribution >= 4 is 11.9 Å². The van der Waals surface area contributed by atoms with Gasteiger partial charge in [-0.3, -0.25) is 9.59 Å². The summed E-state index contributed by atoms with van der Waals surface area (Å²) in [6, 6.07) is 3.76. The van der Waals surface area contributed by atoms with E-state index in [0.29, 0.717) is 36.0 Å². The number of fused-ring (bicyclic) bond motifs is 5. The summed E-state index contributed by atoms with van der Waals surface area (Å²) in [5.41, 5.74) is 0.199. The Hall–Kier alpha value is -2.02. The third-order valence-corrected chi connectivity index (χ3v) is 12.5. The van der Waals surface area contributed by atoms with E-state index in [-0.39, 0.29) is 34.4 Å². The van der Waals surface area contributed by atoms with Crippen LogP contribution in [0.1, 0.15) is 117 Å². The lowest BCUT2D eigenvalue weighted by Crippen LogP contribution is -2.58. The number of aliphatic hydroxyl groups is 1. The number of carbonyl (C=O) groups is 2. The van der Waals surface area contributed by atoms with Crippen molar-refractivity contribution in [2.75, 3.05) is 0 Å². The van der Waals surface area contributed by atoms with Gasteiger partial charge in [0, 0.05) is 13.8 Å². The van der Waals surface area contributed by atoms with Crippen LogP contribution in [0.15, 0.2) is 18.2 Å². The Balaban J connectivity index is 1.23. The standard InChI is InChI=1S/C35H50F2O5/c1-20(8-6-11-30(41-21(2)38)32-28(36)9-7-10-29(32)37)24-14-15-25-23-12-13-27-33(40)31(42-22(3)39)17-19-35(27,5)26(23)16-18-34(24,25)4/h7,9-10,20,23-27,30-31,33,40H,6,8,11-19H2,1-5H3/t20?,23-,24+,25-,26-,27-,30?,31-,33+,34+,35+/m0/s1. The molecule has 0 aliphatic heterocycles. The number of esters is 2. The molecular formula is C35H50F2O5. The quantitative estimate of drug-likeness (QED) is 0.312. The van der Waals surface area contributed by atoms with Crippen molar-refractivity contribution in [1.82, 2.24) is 0 Å². The van der Waals surface area contributed by atoms with E-state index in [2.05, 4.69) is 20.8 Å². The zero-order valence-electron chi connectivity index (χ0n) is 26.0. The van der Waals surface area contributed by atoms with Crippen molar-refractivity contribution in [3.8, 4) is 0 Å². The fourth-order valence-electron chi connectivity index (χ4n) is 10.7. The minimum atomic E-state index is -0.916. The lowest BCUT2D eigenvalue weighted by atomic mass is 9.44. The molecule has 4 aliphatic carbocycles. The van der Waals surface area contributed by atoms with E-state index in [1.54, 1.807) is 0 Å². The summed E-state index contributed by atoms with van der Waals surface area (Å²) < 4.78 is 39.9. The first-order valence-electron chi connectivity index (χ1n) is 16.3. The smallest absolute Gasteiger partial charge is 0.303 e. The third kappa shape index (κ3) is 5.64. The molecule has 2 unspecified atom stereocenters. The van der Waals surface area contributed by atoms with E-state index in [0.717, 1.165) is 38.5 Å². The molecule has 7 heteroatoms. The van der Waals surface area contributed by atoms with Gasteiger partial charge in [-0.2, -0.15) is 0 Å². The number of ether oxygens (including phenoxy) is 2. The summed E-state index contributed by atoms with van der Waals surface area (Å²) in [6.45, 7) is 9.96. The zero-order chi connectivity index (χ0) is 30.4. The Morgan fingerprint density at radius 1 is 0.905 bits per heavy atom. The second kappa shape index (κ2) is 12.2. The van der Waals surface area contributed by atoms with Crippen molar-refractivity contribution < 1.29 is 33.0 Å². The van der Waals surface area contributed by atoms with E-state index < -0.39 is 29.8 Å². The van der Waals surface area contributed by atoms with Crippen LogP contribution in [-0.2, 0) is 19.1 Å². The van der Waals surface area contributed by atoms with Gasteiger partial charge in [-0.15, -0.1) is 0 Å². The molecule has 42 heavy (non-hydrogen) atoms. The molecule has 5 nitrogen and oxygen atoms in total. The van der Waals surface area contributed by atoms with E-state index in [1.165, 1.54) is 57.7 Å². The molecule has 1 aromatic carbocycles. The van der Waals surface area contributed by atoms with Crippen LogP contribution in [-0.4, -0.2) is 29.3 Å². The van der Waals surface area contributed by atoms with Crippen molar-refractivity contribution in [3.05, 3.63) is 35.4 Å². The zero-order valence-corrected chi connectivity index (χ0v) is 26.0. The number of carbonyl (C=O) groups excluding carboxylic acids is 2. The number of benzene rings is 1.